The van der Waals surface area contributed by atoms with Crippen molar-refractivity contribution in [3.63, 3.8) is 0 Å². The Morgan fingerprint density at radius 3 is 2.80 bits per heavy atom. The van der Waals surface area contributed by atoms with E-state index in [0.717, 1.165) is 29.3 Å². The number of nitrogens with zero attached hydrogens (tertiary/aromatic N) is 2. The topological polar surface area (TPSA) is 48.3 Å². The van der Waals surface area contributed by atoms with Gasteiger partial charge in [0.15, 0.2) is 11.5 Å². The fraction of sp³-hybridized carbons (Fsp3) is 0.400. The van der Waals surface area contributed by atoms with Gasteiger partial charge in [-0.2, -0.15) is 0 Å². The fourth-order valence-electron chi connectivity index (χ4n) is 2.48. The van der Waals surface area contributed by atoms with Crippen LogP contribution >= 0.6 is 0 Å². The normalized spacial score (nSPS) is 15.1. The minimum atomic E-state index is 0.100. The number of hydrogen-bond acceptors (Lipinski definition) is 4. The maximum atomic E-state index is 5.66. The largest absolute Gasteiger partial charge is 0.486 e. The Labute approximate surface area is 118 Å². The number of hydrogen-bond donors (Lipinski definition) is 1. The highest BCUT2D eigenvalue weighted by Gasteiger charge is 2.19. The molecule has 0 aliphatic carbocycles. The summed E-state index contributed by atoms with van der Waals surface area (Å²) in [6.45, 7) is 4.20. The van der Waals surface area contributed by atoms with E-state index in [1.54, 1.807) is 0 Å². The Bertz CT molecular complexity index is 595. The van der Waals surface area contributed by atoms with E-state index >= 15 is 0 Å². The van der Waals surface area contributed by atoms with Crippen molar-refractivity contribution in [1.82, 2.24) is 14.9 Å². The predicted molar refractivity (Wildman–Crippen MR) is 76.2 cm³/mol. The summed E-state index contributed by atoms with van der Waals surface area (Å²) in [6.07, 6.45) is 3.71. The summed E-state index contributed by atoms with van der Waals surface area (Å²) in [6, 6.07) is 6.20. The average molecular weight is 273 g/mol. The molecule has 1 aromatic heterocycles. The van der Waals surface area contributed by atoms with Gasteiger partial charge in [0, 0.05) is 7.05 Å². The summed E-state index contributed by atoms with van der Waals surface area (Å²) in [5.41, 5.74) is 2.28. The second-order valence-corrected chi connectivity index (χ2v) is 4.82. The van der Waals surface area contributed by atoms with Crippen LogP contribution in [0.2, 0.25) is 0 Å². The lowest BCUT2D eigenvalue weighted by Crippen LogP contribution is -2.24. The van der Waals surface area contributed by atoms with Gasteiger partial charge in [-0.25, -0.2) is 4.98 Å². The zero-order chi connectivity index (χ0) is 13.9. The first-order valence-corrected chi connectivity index (χ1v) is 6.88. The number of ether oxygens (including phenoxy) is 2. The monoisotopic (exact) mass is 273 g/mol. The molecule has 1 aromatic carbocycles. The molecule has 1 N–H and O–H groups in total. The highest BCUT2D eigenvalue weighted by molar-refractivity contribution is 5.46. The van der Waals surface area contributed by atoms with Gasteiger partial charge in [-0.1, -0.05) is 13.0 Å². The lowest BCUT2D eigenvalue weighted by molar-refractivity contribution is 0.171. The van der Waals surface area contributed by atoms with Crippen LogP contribution in [-0.4, -0.2) is 29.3 Å². The fourth-order valence-corrected chi connectivity index (χ4v) is 2.48. The molecule has 1 unspecified atom stereocenters. The van der Waals surface area contributed by atoms with E-state index in [1.807, 2.05) is 30.2 Å². The van der Waals surface area contributed by atoms with Crippen molar-refractivity contribution in [1.29, 1.82) is 0 Å². The summed E-state index contributed by atoms with van der Waals surface area (Å²) in [5, 5.41) is 3.49. The molecule has 3 rings (SSSR count). The number of aryl methyl sites for hydroxylation is 1. The van der Waals surface area contributed by atoms with Gasteiger partial charge in [0.2, 0.25) is 0 Å². The van der Waals surface area contributed by atoms with Crippen molar-refractivity contribution in [2.75, 3.05) is 19.8 Å². The standard InChI is InChI=1S/C15H19N3O2/c1-3-17-15(12-9-16-10-18(12)2)11-4-5-13-14(8-11)20-7-6-19-13/h4-5,8-10,15,17H,3,6-7H2,1-2H3. The van der Waals surface area contributed by atoms with Crippen LogP contribution in [0.25, 0.3) is 0 Å². The van der Waals surface area contributed by atoms with Gasteiger partial charge >= 0.3 is 0 Å². The molecule has 20 heavy (non-hydrogen) atoms. The van der Waals surface area contributed by atoms with E-state index in [1.165, 1.54) is 0 Å². The highest BCUT2D eigenvalue weighted by Crippen LogP contribution is 2.34. The van der Waals surface area contributed by atoms with E-state index in [9.17, 15) is 0 Å². The molecule has 0 amide bonds. The summed E-state index contributed by atoms with van der Waals surface area (Å²) in [7, 11) is 2.00. The van der Waals surface area contributed by atoms with Crippen molar-refractivity contribution < 1.29 is 9.47 Å². The van der Waals surface area contributed by atoms with Gasteiger partial charge in [-0.05, 0) is 24.2 Å². The van der Waals surface area contributed by atoms with Crippen molar-refractivity contribution in [2.45, 2.75) is 13.0 Å². The first kappa shape index (κ1) is 13.0. The molecule has 0 saturated heterocycles. The molecule has 5 nitrogen and oxygen atoms in total. The molecule has 106 valence electrons. The van der Waals surface area contributed by atoms with Crippen LogP contribution < -0.4 is 14.8 Å². The summed E-state index contributed by atoms with van der Waals surface area (Å²) in [4.78, 5) is 4.20. The molecule has 0 saturated carbocycles. The molecule has 0 fully saturated rings. The van der Waals surface area contributed by atoms with Crippen LogP contribution in [0.3, 0.4) is 0 Å². The minimum Gasteiger partial charge on any atom is -0.486 e. The number of fused-ring (bicyclic) bond motifs is 1. The highest BCUT2D eigenvalue weighted by atomic mass is 16.6. The summed E-state index contributed by atoms with van der Waals surface area (Å²) < 4.78 is 13.3. The number of benzene rings is 1. The van der Waals surface area contributed by atoms with Gasteiger partial charge in [0.05, 0.1) is 24.3 Å². The molecule has 1 atom stereocenters. The minimum absolute atomic E-state index is 0.100. The van der Waals surface area contributed by atoms with Crippen molar-refractivity contribution in [2.24, 2.45) is 7.05 Å². The molecule has 0 radical (unpaired) electrons. The molecule has 1 aliphatic heterocycles. The van der Waals surface area contributed by atoms with Crippen LogP contribution in [0.5, 0.6) is 11.5 Å². The molecule has 5 heteroatoms. The van der Waals surface area contributed by atoms with Crippen LogP contribution in [0, 0.1) is 0 Å². The van der Waals surface area contributed by atoms with Gasteiger partial charge in [-0.15, -0.1) is 0 Å². The van der Waals surface area contributed by atoms with Gasteiger partial charge in [0.1, 0.15) is 13.2 Å². The van der Waals surface area contributed by atoms with E-state index in [2.05, 4.69) is 29.4 Å². The number of nitrogens with one attached hydrogen (secondary N) is 1. The maximum Gasteiger partial charge on any atom is 0.161 e. The second kappa shape index (κ2) is 5.54. The smallest absolute Gasteiger partial charge is 0.161 e. The van der Waals surface area contributed by atoms with Crippen LogP contribution in [0.4, 0.5) is 0 Å². The number of imidazole rings is 1. The third-order valence-corrected chi connectivity index (χ3v) is 3.46. The first-order valence-electron chi connectivity index (χ1n) is 6.88. The van der Waals surface area contributed by atoms with E-state index in [4.69, 9.17) is 9.47 Å². The average Bonchev–Trinajstić information content (AvgIpc) is 2.90. The Morgan fingerprint density at radius 2 is 2.10 bits per heavy atom. The summed E-state index contributed by atoms with van der Waals surface area (Å²) >= 11 is 0. The zero-order valence-electron chi connectivity index (χ0n) is 11.8. The van der Waals surface area contributed by atoms with Crippen molar-refractivity contribution in [3.8, 4) is 11.5 Å². The number of aromatic nitrogens is 2. The van der Waals surface area contributed by atoms with E-state index in [-0.39, 0.29) is 6.04 Å². The second-order valence-electron chi connectivity index (χ2n) is 4.82. The van der Waals surface area contributed by atoms with Gasteiger partial charge in [0.25, 0.3) is 0 Å². The first-order chi connectivity index (χ1) is 9.79. The third-order valence-electron chi connectivity index (χ3n) is 3.46. The molecule has 0 spiro atoms. The van der Waals surface area contributed by atoms with Crippen molar-refractivity contribution >= 4 is 0 Å². The van der Waals surface area contributed by atoms with Gasteiger partial charge < -0.3 is 19.4 Å². The molecule has 1 aliphatic rings. The molecular formula is C15H19N3O2. The third kappa shape index (κ3) is 2.36. The van der Waals surface area contributed by atoms with Crippen LogP contribution in [0.15, 0.2) is 30.7 Å². The Kier molecular flexibility index (Phi) is 3.60. The van der Waals surface area contributed by atoms with Crippen molar-refractivity contribution in [3.05, 3.63) is 42.0 Å². The molecular weight excluding hydrogens is 254 g/mol. The lowest BCUT2D eigenvalue weighted by Gasteiger charge is -2.23. The quantitative estimate of drug-likeness (QED) is 0.924. The molecule has 2 aromatic rings. The van der Waals surface area contributed by atoms with Gasteiger partial charge in [-0.3, -0.25) is 0 Å². The van der Waals surface area contributed by atoms with E-state index < -0.39 is 0 Å². The zero-order valence-corrected chi connectivity index (χ0v) is 11.8. The molecule has 2 heterocycles. The molecule has 0 bridgehead atoms. The SMILES string of the molecule is CCNC(c1ccc2c(c1)OCCO2)c1cncn1C. The Balaban J connectivity index is 1.97. The van der Waals surface area contributed by atoms with Crippen LogP contribution in [0.1, 0.15) is 24.2 Å². The van der Waals surface area contributed by atoms with Crippen LogP contribution in [-0.2, 0) is 7.05 Å². The summed E-state index contributed by atoms with van der Waals surface area (Å²) in [5.74, 6) is 1.64. The Morgan fingerprint density at radius 1 is 1.30 bits per heavy atom. The maximum absolute atomic E-state index is 5.66. The Hall–Kier alpha value is -2.01. The lowest BCUT2D eigenvalue weighted by atomic mass is 10.0. The van der Waals surface area contributed by atoms with E-state index in [0.29, 0.717) is 13.2 Å². The predicted octanol–water partition coefficient (Wildman–Crippen LogP) is 1.89. The number of rotatable bonds is 4.